The minimum Gasteiger partial charge on any atom is -0.465 e. The summed E-state index contributed by atoms with van der Waals surface area (Å²) >= 11 is 5.88. The molecule has 0 atom stereocenters. The Hall–Kier alpha value is -2.66. The molecular formula is C17H12ClNO4. The van der Waals surface area contributed by atoms with Crippen LogP contribution in [-0.4, -0.2) is 24.8 Å². The zero-order chi connectivity index (χ0) is 16.6. The van der Waals surface area contributed by atoms with Gasteiger partial charge in [-0.25, -0.2) is 4.79 Å². The molecule has 116 valence electrons. The third-order valence-corrected chi connectivity index (χ3v) is 3.88. The van der Waals surface area contributed by atoms with Gasteiger partial charge in [-0.15, -0.1) is 0 Å². The van der Waals surface area contributed by atoms with Gasteiger partial charge in [0.2, 0.25) is 0 Å². The molecule has 1 aliphatic heterocycles. The Morgan fingerprint density at radius 3 is 2.48 bits per heavy atom. The van der Waals surface area contributed by atoms with Gasteiger partial charge in [-0.2, -0.15) is 0 Å². The van der Waals surface area contributed by atoms with Crippen molar-refractivity contribution in [2.75, 3.05) is 12.0 Å². The maximum atomic E-state index is 12.2. The van der Waals surface area contributed by atoms with Gasteiger partial charge in [0.25, 0.3) is 11.7 Å². The quantitative estimate of drug-likeness (QED) is 0.641. The molecule has 0 aromatic heterocycles. The number of halogens is 1. The fraction of sp³-hybridized carbons (Fsp3) is 0.118. The number of anilines is 1. The van der Waals surface area contributed by atoms with E-state index in [1.54, 1.807) is 36.4 Å². The summed E-state index contributed by atoms with van der Waals surface area (Å²) in [6.07, 6.45) is 0. The number of hydrogen-bond acceptors (Lipinski definition) is 4. The molecule has 0 radical (unpaired) electrons. The van der Waals surface area contributed by atoms with E-state index in [-0.39, 0.29) is 6.54 Å². The van der Waals surface area contributed by atoms with E-state index >= 15 is 0 Å². The predicted octanol–water partition coefficient (Wildman–Crippen LogP) is 2.86. The van der Waals surface area contributed by atoms with E-state index in [2.05, 4.69) is 4.74 Å². The Bertz CT molecular complexity index is 814. The number of ketones is 1. The highest BCUT2D eigenvalue weighted by Crippen LogP contribution is 2.32. The molecule has 6 heteroatoms. The molecule has 0 N–H and O–H groups in total. The summed E-state index contributed by atoms with van der Waals surface area (Å²) in [7, 11) is 1.31. The lowest BCUT2D eigenvalue weighted by Gasteiger charge is -2.16. The van der Waals surface area contributed by atoms with E-state index < -0.39 is 17.7 Å². The largest absolute Gasteiger partial charge is 0.465 e. The van der Waals surface area contributed by atoms with Gasteiger partial charge in [-0.1, -0.05) is 23.7 Å². The van der Waals surface area contributed by atoms with Crippen molar-refractivity contribution in [3.8, 4) is 0 Å². The van der Waals surface area contributed by atoms with Gasteiger partial charge in [0.1, 0.15) is 0 Å². The Balaban J connectivity index is 1.88. The number of nitrogens with zero attached hydrogens (tertiary/aromatic N) is 1. The van der Waals surface area contributed by atoms with Gasteiger partial charge < -0.3 is 9.64 Å². The van der Waals surface area contributed by atoms with Crippen LogP contribution in [0.2, 0.25) is 5.02 Å². The van der Waals surface area contributed by atoms with E-state index in [1.165, 1.54) is 18.1 Å². The standard InChI is InChI=1S/C17H12ClNO4/c1-23-17(22)11-4-2-10(3-5-11)9-19-14-7-6-12(18)8-13(14)15(20)16(19)21/h2-8H,9H2,1H3. The summed E-state index contributed by atoms with van der Waals surface area (Å²) in [5, 5.41) is 0.411. The number of hydrogen-bond donors (Lipinski definition) is 0. The van der Waals surface area contributed by atoms with Gasteiger partial charge >= 0.3 is 5.97 Å². The number of esters is 1. The van der Waals surface area contributed by atoms with Crippen molar-refractivity contribution in [3.05, 3.63) is 64.2 Å². The molecule has 0 unspecified atom stereocenters. The zero-order valence-corrected chi connectivity index (χ0v) is 13.0. The second kappa shape index (κ2) is 5.85. The predicted molar refractivity (Wildman–Crippen MR) is 84.8 cm³/mol. The third kappa shape index (κ3) is 2.71. The first-order valence-electron chi connectivity index (χ1n) is 6.84. The van der Waals surface area contributed by atoms with E-state index in [0.29, 0.717) is 21.8 Å². The topological polar surface area (TPSA) is 63.7 Å². The van der Waals surface area contributed by atoms with Crippen molar-refractivity contribution < 1.29 is 19.1 Å². The highest BCUT2D eigenvalue weighted by Gasteiger charge is 2.35. The summed E-state index contributed by atoms with van der Waals surface area (Å²) in [5.74, 6) is -1.57. The van der Waals surface area contributed by atoms with Crippen molar-refractivity contribution in [1.82, 2.24) is 0 Å². The van der Waals surface area contributed by atoms with E-state index in [0.717, 1.165) is 5.56 Å². The number of carbonyl (C=O) groups excluding carboxylic acids is 3. The van der Waals surface area contributed by atoms with Gasteiger partial charge in [-0.3, -0.25) is 9.59 Å². The molecule has 0 fully saturated rings. The Morgan fingerprint density at radius 1 is 1.13 bits per heavy atom. The van der Waals surface area contributed by atoms with Crippen LogP contribution in [0.1, 0.15) is 26.3 Å². The van der Waals surface area contributed by atoms with Crippen LogP contribution >= 0.6 is 11.6 Å². The van der Waals surface area contributed by atoms with Crippen molar-refractivity contribution in [3.63, 3.8) is 0 Å². The first-order chi connectivity index (χ1) is 11.0. The van der Waals surface area contributed by atoms with Gasteiger partial charge in [0.05, 0.1) is 30.5 Å². The van der Waals surface area contributed by atoms with Crippen LogP contribution in [0.25, 0.3) is 0 Å². The lowest BCUT2D eigenvalue weighted by atomic mass is 10.1. The molecule has 2 aromatic rings. The number of amides is 1. The molecule has 23 heavy (non-hydrogen) atoms. The molecule has 3 rings (SSSR count). The van der Waals surface area contributed by atoms with Crippen molar-refractivity contribution in [2.24, 2.45) is 0 Å². The summed E-state index contributed by atoms with van der Waals surface area (Å²) < 4.78 is 4.64. The minimum atomic E-state index is -0.584. The smallest absolute Gasteiger partial charge is 0.337 e. The summed E-state index contributed by atoms with van der Waals surface area (Å²) in [6.45, 7) is 0.237. The maximum Gasteiger partial charge on any atom is 0.337 e. The molecule has 0 spiro atoms. The number of Topliss-reactive ketones (excluding diaryl/α,β-unsaturated/α-hetero) is 1. The summed E-state index contributed by atoms with van der Waals surface area (Å²) in [5.41, 5.74) is 2.07. The second-order valence-electron chi connectivity index (χ2n) is 5.07. The highest BCUT2D eigenvalue weighted by atomic mass is 35.5. The number of fused-ring (bicyclic) bond motifs is 1. The van der Waals surface area contributed by atoms with Crippen molar-refractivity contribution >= 4 is 34.9 Å². The second-order valence-corrected chi connectivity index (χ2v) is 5.51. The van der Waals surface area contributed by atoms with Crippen LogP contribution in [-0.2, 0) is 16.1 Å². The van der Waals surface area contributed by atoms with Crippen LogP contribution in [0, 0.1) is 0 Å². The van der Waals surface area contributed by atoms with E-state index in [9.17, 15) is 14.4 Å². The molecule has 1 aliphatic rings. The fourth-order valence-corrected chi connectivity index (χ4v) is 2.65. The molecule has 0 bridgehead atoms. The van der Waals surface area contributed by atoms with Gasteiger partial charge in [0.15, 0.2) is 0 Å². The van der Waals surface area contributed by atoms with E-state index in [1.807, 2.05) is 0 Å². The molecule has 0 saturated carbocycles. The molecule has 5 nitrogen and oxygen atoms in total. The molecule has 1 amide bonds. The summed E-state index contributed by atoms with van der Waals surface area (Å²) in [6, 6.07) is 11.5. The van der Waals surface area contributed by atoms with Crippen LogP contribution in [0.3, 0.4) is 0 Å². The molecule has 0 aliphatic carbocycles. The minimum absolute atomic E-state index is 0.237. The summed E-state index contributed by atoms with van der Waals surface area (Å²) in [4.78, 5) is 37.0. The average Bonchev–Trinajstić information content (AvgIpc) is 2.79. The highest BCUT2D eigenvalue weighted by molar-refractivity contribution is 6.52. The fourth-order valence-electron chi connectivity index (χ4n) is 2.48. The Kier molecular flexibility index (Phi) is 3.88. The lowest BCUT2D eigenvalue weighted by Crippen LogP contribution is -2.29. The van der Waals surface area contributed by atoms with Crippen molar-refractivity contribution in [1.29, 1.82) is 0 Å². The number of benzene rings is 2. The number of methoxy groups -OCH3 is 1. The van der Waals surface area contributed by atoms with Crippen LogP contribution < -0.4 is 4.90 Å². The SMILES string of the molecule is COC(=O)c1ccc(CN2C(=O)C(=O)c3cc(Cl)ccc32)cc1. The first kappa shape index (κ1) is 15.2. The molecular weight excluding hydrogens is 318 g/mol. The third-order valence-electron chi connectivity index (χ3n) is 3.65. The van der Waals surface area contributed by atoms with E-state index in [4.69, 9.17) is 11.6 Å². The van der Waals surface area contributed by atoms with Crippen LogP contribution in [0.4, 0.5) is 5.69 Å². The van der Waals surface area contributed by atoms with Gasteiger partial charge in [-0.05, 0) is 35.9 Å². The lowest BCUT2D eigenvalue weighted by molar-refractivity contribution is -0.114. The number of carbonyl (C=O) groups is 3. The number of rotatable bonds is 3. The van der Waals surface area contributed by atoms with Crippen LogP contribution in [0.15, 0.2) is 42.5 Å². The van der Waals surface area contributed by atoms with Crippen LogP contribution in [0.5, 0.6) is 0 Å². The Labute approximate surface area is 137 Å². The average molecular weight is 330 g/mol. The monoisotopic (exact) mass is 329 g/mol. The first-order valence-corrected chi connectivity index (χ1v) is 7.22. The van der Waals surface area contributed by atoms with Gasteiger partial charge in [0, 0.05) is 5.02 Å². The Morgan fingerprint density at radius 2 is 1.83 bits per heavy atom. The molecule has 2 aromatic carbocycles. The number of ether oxygens (including phenoxy) is 1. The molecule has 1 heterocycles. The normalized spacial score (nSPS) is 13.2. The maximum absolute atomic E-state index is 12.2. The molecule has 0 saturated heterocycles. The zero-order valence-electron chi connectivity index (χ0n) is 12.2. The van der Waals surface area contributed by atoms with Crippen molar-refractivity contribution in [2.45, 2.75) is 6.54 Å².